The highest BCUT2D eigenvalue weighted by atomic mass is 79.9. The van der Waals surface area contributed by atoms with Gasteiger partial charge in [-0.05, 0) is 40.5 Å². The number of carbonyl (C=O) groups excluding carboxylic acids is 2. The Morgan fingerprint density at radius 2 is 2.15 bits per heavy atom. The van der Waals surface area contributed by atoms with Crippen LogP contribution in [0.15, 0.2) is 41.0 Å². The number of halogens is 1. The van der Waals surface area contributed by atoms with Gasteiger partial charge in [0.2, 0.25) is 5.91 Å². The molecule has 4 rings (SSSR count). The molecule has 0 fully saturated rings. The molecule has 3 heterocycles. The number of rotatable bonds is 3. The molecule has 3 aromatic rings. The fourth-order valence-corrected chi connectivity index (χ4v) is 3.69. The number of para-hydroxylation sites is 1. The molecule has 0 unspecified atom stereocenters. The average molecular weight is 429 g/mol. The van der Waals surface area contributed by atoms with Crippen LogP contribution in [0, 0.1) is 0 Å². The van der Waals surface area contributed by atoms with Crippen molar-refractivity contribution in [3.05, 3.63) is 52.4 Å². The van der Waals surface area contributed by atoms with Crippen LogP contribution in [0.1, 0.15) is 31.3 Å². The molecule has 1 aromatic carbocycles. The van der Waals surface area contributed by atoms with Gasteiger partial charge >= 0.3 is 5.97 Å². The molecule has 0 bridgehead atoms. The van der Waals surface area contributed by atoms with Crippen LogP contribution in [0.5, 0.6) is 0 Å². The third kappa shape index (κ3) is 3.21. The van der Waals surface area contributed by atoms with Crippen molar-refractivity contribution in [2.75, 3.05) is 4.90 Å². The summed E-state index contributed by atoms with van der Waals surface area (Å²) >= 11 is 3.36. The number of esters is 1. The monoisotopic (exact) mass is 428 g/mol. The van der Waals surface area contributed by atoms with E-state index in [2.05, 4.69) is 30.9 Å². The lowest BCUT2D eigenvalue weighted by atomic mass is 10.1. The number of nitrogens with zero attached hydrogens (tertiary/aromatic N) is 3. The van der Waals surface area contributed by atoms with E-state index in [1.807, 2.05) is 30.3 Å². The van der Waals surface area contributed by atoms with Crippen molar-refractivity contribution in [1.82, 2.24) is 15.0 Å². The van der Waals surface area contributed by atoms with E-state index >= 15 is 0 Å². The second-order valence-corrected chi connectivity index (χ2v) is 7.38. The van der Waals surface area contributed by atoms with Gasteiger partial charge in [-0.1, -0.05) is 18.2 Å². The Labute approximate surface area is 163 Å². The van der Waals surface area contributed by atoms with Gasteiger partial charge in [0.1, 0.15) is 11.9 Å². The lowest BCUT2D eigenvalue weighted by Gasteiger charge is -2.24. The highest BCUT2D eigenvalue weighted by Crippen LogP contribution is 2.33. The fourth-order valence-electron chi connectivity index (χ4n) is 3.36. The number of carbonyl (C=O) groups is 2. The second kappa shape index (κ2) is 6.77. The summed E-state index contributed by atoms with van der Waals surface area (Å²) in [7, 11) is 0. The molecule has 0 radical (unpaired) electrons. The first kappa shape index (κ1) is 17.7. The molecule has 2 atom stereocenters. The molecule has 0 aliphatic carbocycles. The van der Waals surface area contributed by atoms with E-state index in [0.29, 0.717) is 17.9 Å². The summed E-state index contributed by atoms with van der Waals surface area (Å²) in [5.74, 6) is -0.135. The van der Waals surface area contributed by atoms with Crippen LogP contribution >= 0.6 is 15.9 Å². The van der Waals surface area contributed by atoms with Crippen molar-refractivity contribution < 1.29 is 14.3 Å². The Bertz CT molecular complexity index is 1050. The lowest BCUT2D eigenvalue weighted by molar-refractivity contribution is -0.151. The highest BCUT2D eigenvalue weighted by Gasteiger charge is 2.38. The summed E-state index contributed by atoms with van der Waals surface area (Å²) in [6.45, 7) is 3.19. The SMILES string of the molecule is CC(=O)N1c2ccccc2C[C@H]1C(=O)O[C@H](C)c1nc2ncc(Br)cc2[nH]1. The van der Waals surface area contributed by atoms with E-state index in [0.717, 1.165) is 21.2 Å². The molecule has 2 aromatic heterocycles. The maximum Gasteiger partial charge on any atom is 0.330 e. The summed E-state index contributed by atoms with van der Waals surface area (Å²) in [5.41, 5.74) is 3.02. The molecular formula is C19H17BrN4O3. The van der Waals surface area contributed by atoms with E-state index in [1.54, 1.807) is 13.1 Å². The minimum atomic E-state index is -0.668. The number of aromatic nitrogens is 3. The van der Waals surface area contributed by atoms with Gasteiger partial charge in [0.25, 0.3) is 0 Å². The Morgan fingerprint density at radius 1 is 1.37 bits per heavy atom. The van der Waals surface area contributed by atoms with Crippen LogP contribution < -0.4 is 4.90 Å². The van der Waals surface area contributed by atoms with Crippen molar-refractivity contribution in [2.24, 2.45) is 0 Å². The molecule has 1 aliphatic rings. The number of H-pyrrole nitrogens is 1. The predicted molar refractivity (Wildman–Crippen MR) is 103 cm³/mol. The molecule has 1 N–H and O–H groups in total. The summed E-state index contributed by atoms with van der Waals surface area (Å²) < 4.78 is 6.46. The summed E-state index contributed by atoms with van der Waals surface area (Å²) in [5, 5.41) is 0. The average Bonchev–Trinajstić information content (AvgIpc) is 3.22. The maximum atomic E-state index is 12.8. The van der Waals surface area contributed by atoms with Crippen LogP contribution in [0.2, 0.25) is 0 Å². The number of fused-ring (bicyclic) bond motifs is 2. The van der Waals surface area contributed by atoms with Crippen LogP contribution in [-0.4, -0.2) is 32.9 Å². The van der Waals surface area contributed by atoms with Crippen LogP contribution in [0.25, 0.3) is 11.2 Å². The Morgan fingerprint density at radius 3 is 2.93 bits per heavy atom. The standard InChI is InChI=1S/C19H17BrN4O3/c1-10(17-22-14-8-13(20)9-21-18(14)23-17)27-19(26)16-7-12-5-3-4-6-15(12)24(16)11(2)25/h3-6,8-10,16H,7H2,1-2H3,(H,21,22,23)/t10-,16+/m1/s1. The fraction of sp³-hybridized carbons (Fsp3) is 0.263. The van der Waals surface area contributed by atoms with E-state index in [4.69, 9.17) is 4.74 Å². The molecule has 7 nitrogen and oxygen atoms in total. The molecule has 8 heteroatoms. The number of benzene rings is 1. The van der Waals surface area contributed by atoms with Gasteiger partial charge in [0, 0.05) is 29.7 Å². The second-order valence-electron chi connectivity index (χ2n) is 6.46. The van der Waals surface area contributed by atoms with Crippen molar-refractivity contribution in [1.29, 1.82) is 0 Å². The normalized spacial score (nSPS) is 17.0. The molecule has 0 saturated carbocycles. The lowest BCUT2D eigenvalue weighted by Crippen LogP contribution is -2.43. The highest BCUT2D eigenvalue weighted by molar-refractivity contribution is 9.10. The topological polar surface area (TPSA) is 88.2 Å². The predicted octanol–water partition coefficient (Wildman–Crippen LogP) is 3.30. The first-order valence-electron chi connectivity index (χ1n) is 8.53. The van der Waals surface area contributed by atoms with Gasteiger partial charge in [-0.2, -0.15) is 0 Å². The number of amides is 1. The summed E-state index contributed by atoms with van der Waals surface area (Å²) in [6, 6.07) is 8.70. The van der Waals surface area contributed by atoms with Gasteiger partial charge in [-0.3, -0.25) is 9.69 Å². The van der Waals surface area contributed by atoms with Gasteiger partial charge in [0.05, 0.1) is 5.52 Å². The quantitative estimate of drug-likeness (QED) is 0.646. The van der Waals surface area contributed by atoms with E-state index < -0.39 is 18.1 Å². The maximum absolute atomic E-state index is 12.8. The van der Waals surface area contributed by atoms with E-state index in [1.165, 1.54) is 11.8 Å². The van der Waals surface area contributed by atoms with Crippen molar-refractivity contribution in [3.8, 4) is 0 Å². The number of aromatic amines is 1. The van der Waals surface area contributed by atoms with Crippen LogP contribution in [-0.2, 0) is 20.7 Å². The van der Waals surface area contributed by atoms with E-state index in [9.17, 15) is 9.59 Å². The third-order valence-electron chi connectivity index (χ3n) is 4.59. The largest absolute Gasteiger partial charge is 0.453 e. The zero-order valence-corrected chi connectivity index (χ0v) is 16.4. The Balaban J connectivity index is 1.55. The first-order chi connectivity index (χ1) is 12.9. The summed E-state index contributed by atoms with van der Waals surface area (Å²) in [4.78, 5) is 38.1. The summed E-state index contributed by atoms with van der Waals surface area (Å²) in [6.07, 6.45) is 1.50. The third-order valence-corrected chi connectivity index (χ3v) is 5.02. The number of hydrogen-bond acceptors (Lipinski definition) is 5. The Hall–Kier alpha value is -2.74. The van der Waals surface area contributed by atoms with Gasteiger partial charge < -0.3 is 9.72 Å². The molecule has 1 amide bonds. The van der Waals surface area contributed by atoms with Crippen molar-refractivity contribution in [2.45, 2.75) is 32.4 Å². The number of anilines is 1. The zero-order chi connectivity index (χ0) is 19.1. The number of nitrogens with one attached hydrogen (secondary N) is 1. The van der Waals surface area contributed by atoms with E-state index in [-0.39, 0.29) is 5.91 Å². The first-order valence-corrected chi connectivity index (χ1v) is 9.32. The van der Waals surface area contributed by atoms with Gasteiger partial charge in [0.15, 0.2) is 11.8 Å². The minimum absolute atomic E-state index is 0.188. The van der Waals surface area contributed by atoms with Crippen molar-refractivity contribution in [3.63, 3.8) is 0 Å². The smallest absolute Gasteiger partial charge is 0.330 e. The Kier molecular flexibility index (Phi) is 4.43. The number of pyridine rings is 1. The number of ether oxygens (including phenoxy) is 1. The number of imidazole rings is 1. The van der Waals surface area contributed by atoms with Crippen LogP contribution in [0.4, 0.5) is 5.69 Å². The van der Waals surface area contributed by atoms with Crippen molar-refractivity contribution >= 4 is 44.7 Å². The number of hydrogen-bond donors (Lipinski definition) is 1. The molecule has 1 aliphatic heterocycles. The zero-order valence-electron chi connectivity index (χ0n) is 14.8. The molecule has 27 heavy (non-hydrogen) atoms. The van der Waals surface area contributed by atoms with Gasteiger partial charge in [-0.15, -0.1) is 0 Å². The van der Waals surface area contributed by atoms with Crippen LogP contribution in [0.3, 0.4) is 0 Å². The van der Waals surface area contributed by atoms with Gasteiger partial charge in [-0.25, -0.2) is 14.8 Å². The molecule has 0 spiro atoms. The molecule has 138 valence electrons. The molecular weight excluding hydrogens is 412 g/mol. The molecule has 0 saturated heterocycles. The minimum Gasteiger partial charge on any atom is -0.453 e.